The van der Waals surface area contributed by atoms with Crippen molar-refractivity contribution in [2.45, 2.75) is 45.3 Å². The Labute approximate surface area is 75.3 Å². The summed E-state index contributed by atoms with van der Waals surface area (Å²) >= 11 is 0. The lowest BCUT2D eigenvalue weighted by molar-refractivity contribution is 0.127. The van der Waals surface area contributed by atoms with Crippen molar-refractivity contribution in [1.29, 1.82) is 0 Å². The van der Waals surface area contributed by atoms with Crippen LogP contribution >= 0.6 is 0 Å². The first kappa shape index (κ1) is 8.52. The Morgan fingerprint density at radius 3 is 2.83 bits per heavy atom. The van der Waals surface area contributed by atoms with Crippen molar-refractivity contribution in [3.8, 4) is 0 Å². The summed E-state index contributed by atoms with van der Waals surface area (Å²) in [5.41, 5.74) is 0. The minimum Gasteiger partial charge on any atom is -0.299 e. The SMILES string of the molecule is CC(C)C1CCN2CCCC2N1. The maximum Gasteiger partial charge on any atom is 0.0599 e. The molecule has 2 heteroatoms. The Kier molecular flexibility index (Phi) is 2.37. The van der Waals surface area contributed by atoms with E-state index in [1.807, 2.05) is 0 Å². The monoisotopic (exact) mass is 168 g/mol. The van der Waals surface area contributed by atoms with Crippen molar-refractivity contribution < 1.29 is 0 Å². The molecule has 2 saturated heterocycles. The first-order chi connectivity index (χ1) is 5.77. The van der Waals surface area contributed by atoms with Gasteiger partial charge in [0.25, 0.3) is 0 Å². The average molecular weight is 168 g/mol. The third kappa shape index (κ3) is 1.50. The highest BCUT2D eigenvalue weighted by molar-refractivity contribution is 4.87. The third-order valence-electron chi connectivity index (χ3n) is 3.30. The molecule has 12 heavy (non-hydrogen) atoms. The van der Waals surface area contributed by atoms with Gasteiger partial charge < -0.3 is 0 Å². The van der Waals surface area contributed by atoms with E-state index in [2.05, 4.69) is 24.1 Å². The van der Waals surface area contributed by atoms with Crippen LogP contribution in [-0.2, 0) is 0 Å². The molecule has 0 saturated carbocycles. The molecule has 2 aliphatic rings. The van der Waals surface area contributed by atoms with E-state index < -0.39 is 0 Å². The number of rotatable bonds is 1. The number of hydrogen-bond donors (Lipinski definition) is 1. The van der Waals surface area contributed by atoms with Crippen LogP contribution in [-0.4, -0.2) is 30.2 Å². The second-order valence-corrected chi connectivity index (χ2v) is 4.50. The summed E-state index contributed by atoms with van der Waals surface area (Å²) in [5, 5.41) is 3.74. The van der Waals surface area contributed by atoms with Gasteiger partial charge in [-0.25, -0.2) is 0 Å². The molecule has 0 aromatic rings. The molecule has 2 aliphatic heterocycles. The highest BCUT2D eigenvalue weighted by atomic mass is 15.3. The van der Waals surface area contributed by atoms with E-state index in [9.17, 15) is 0 Å². The van der Waals surface area contributed by atoms with Crippen LogP contribution in [0, 0.1) is 5.92 Å². The molecule has 1 N–H and O–H groups in total. The van der Waals surface area contributed by atoms with E-state index in [1.54, 1.807) is 0 Å². The molecule has 2 atom stereocenters. The summed E-state index contributed by atoms with van der Waals surface area (Å²) in [6.07, 6.45) is 4.81. The van der Waals surface area contributed by atoms with Crippen molar-refractivity contribution in [2.75, 3.05) is 13.1 Å². The van der Waals surface area contributed by atoms with Gasteiger partial charge >= 0.3 is 0 Å². The standard InChI is InChI=1S/C10H20N2/c1-8(2)9-5-7-12-6-3-4-10(12)11-9/h8-11H,3-7H2,1-2H3. The Bertz CT molecular complexity index is 156. The fourth-order valence-corrected chi connectivity index (χ4v) is 2.44. The molecule has 0 aromatic carbocycles. The summed E-state index contributed by atoms with van der Waals surface area (Å²) in [5.74, 6) is 0.799. The van der Waals surface area contributed by atoms with E-state index in [-0.39, 0.29) is 0 Å². The van der Waals surface area contributed by atoms with Gasteiger partial charge in [0, 0.05) is 12.6 Å². The highest BCUT2D eigenvalue weighted by Crippen LogP contribution is 2.22. The van der Waals surface area contributed by atoms with Crippen LogP contribution in [0.2, 0.25) is 0 Å². The number of nitrogens with one attached hydrogen (secondary N) is 1. The van der Waals surface area contributed by atoms with Crippen molar-refractivity contribution in [3.05, 3.63) is 0 Å². The lowest BCUT2D eigenvalue weighted by Crippen LogP contribution is -2.54. The fourth-order valence-electron chi connectivity index (χ4n) is 2.44. The predicted octanol–water partition coefficient (Wildman–Crippen LogP) is 1.43. The Balaban J connectivity index is 1.92. The molecule has 0 aliphatic carbocycles. The molecule has 2 heterocycles. The zero-order valence-electron chi connectivity index (χ0n) is 8.21. The van der Waals surface area contributed by atoms with Gasteiger partial charge in [-0.1, -0.05) is 13.8 Å². The van der Waals surface area contributed by atoms with Crippen LogP contribution in [0.4, 0.5) is 0 Å². The van der Waals surface area contributed by atoms with Gasteiger partial charge in [0.1, 0.15) is 0 Å². The van der Waals surface area contributed by atoms with E-state index in [1.165, 1.54) is 32.4 Å². The third-order valence-corrected chi connectivity index (χ3v) is 3.30. The first-order valence-corrected chi connectivity index (χ1v) is 5.27. The largest absolute Gasteiger partial charge is 0.299 e. The van der Waals surface area contributed by atoms with Gasteiger partial charge in [-0.05, 0) is 31.7 Å². The van der Waals surface area contributed by atoms with Crippen LogP contribution in [0.5, 0.6) is 0 Å². The van der Waals surface area contributed by atoms with Crippen LogP contribution in [0.25, 0.3) is 0 Å². The lowest BCUT2D eigenvalue weighted by atomic mass is 9.98. The second-order valence-electron chi connectivity index (χ2n) is 4.50. The van der Waals surface area contributed by atoms with Gasteiger partial charge in [-0.15, -0.1) is 0 Å². The van der Waals surface area contributed by atoms with Crippen LogP contribution < -0.4 is 5.32 Å². The number of fused-ring (bicyclic) bond motifs is 1. The van der Waals surface area contributed by atoms with E-state index in [0.717, 1.165) is 12.0 Å². The van der Waals surface area contributed by atoms with E-state index in [0.29, 0.717) is 6.17 Å². The minimum atomic E-state index is 0.714. The van der Waals surface area contributed by atoms with Crippen molar-refractivity contribution in [1.82, 2.24) is 10.2 Å². The highest BCUT2D eigenvalue weighted by Gasteiger charge is 2.31. The molecule has 2 fully saturated rings. The maximum absolute atomic E-state index is 3.74. The predicted molar refractivity (Wildman–Crippen MR) is 51.0 cm³/mol. The number of hydrogen-bond acceptors (Lipinski definition) is 2. The van der Waals surface area contributed by atoms with Gasteiger partial charge in [-0.2, -0.15) is 0 Å². The Morgan fingerprint density at radius 2 is 2.08 bits per heavy atom. The normalized spacial score (nSPS) is 37.2. The zero-order chi connectivity index (χ0) is 8.55. The molecule has 0 radical (unpaired) electrons. The van der Waals surface area contributed by atoms with Crippen LogP contribution in [0.3, 0.4) is 0 Å². The summed E-state index contributed by atoms with van der Waals surface area (Å²) in [6.45, 7) is 7.29. The molecule has 2 unspecified atom stereocenters. The summed E-state index contributed by atoms with van der Waals surface area (Å²) in [6, 6.07) is 0.768. The van der Waals surface area contributed by atoms with Gasteiger partial charge in [-0.3, -0.25) is 10.2 Å². The van der Waals surface area contributed by atoms with E-state index >= 15 is 0 Å². The summed E-state index contributed by atoms with van der Waals surface area (Å²) < 4.78 is 0. The molecular formula is C10H20N2. The maximum atomic E-state index is 3.74. The van der Waals surface area contributed by atoms with E-state index in [4.69, 9.17) is 0 Å². The Hall–Kier alpha value is -0.0800. The van der Waals surface area contributed by atoms with Crippen molar-refractivity contribution >= 4 is 0 Å². The quantitative estimate of drug-likeness (QED) is 0.637. The van der Waals surface area contributed by atoms with Crippen LogP contribution in [0.15, 0.2) is 0 Å². The lowest BCUT2D eigenvalue weighted by Gasteiger charge is -2.38. The molecular weight excluding hydrogens is 148 g/mol. The molecule has 70 valence electrons. The molecule has 2 nitrogen and oxygen atoms in total. The van der Waals surface area contributed by atoms with Gasteiger partial charge in [0.05, 0.1) is 6.17 Å². The van der Waals surface area contributed by atoms with Gasteiger partial charge in [0.15, 0.2) is 0 Å². The summed E-state index contributed by atoms with van der Waals surface area (Å²) in [4.78, 5) is 2.60. The fraction of sp³-hybridized carbons (Fsp3) is 1.00. The molecule has 2 rings (SSSR count). The zero-order valence-corrected chi connectivity index (χ0v) is 8.21. The second kappa shape index (κ2) is 3.35. The van der Waals surface area contributed by atoms with Crippen molar-refractivity contribution in [2.24, 2.45) is 5.92 Å². The minimum absolute atomic E-state index is 0.714. The first-order valence-electron chi connectivity index (χ1n) is 5.27. The van der Waals surface area contributed by atoms with Crippen molar-refractivity contribution in [3.63, 3.8) is 0 Å². The molecule has 0 spiro atoms. The summed E-state index contributed by atoms with van der Waals surface area (Å²) in [7, 11) is 0. The molecule has 0 amide bonds. The topological polar surface area (TPSA) is 15.3 Å². The molecule has 0 aromatic heterocycles. The Morgan fingerprint density at radius 1 is 1.25 bits per heavy atom. The average Bonchev–Trinajstić information content (AvgIpc) is 2.49. The van der Waals surface area contributed by atoms with Crippen LogP contribution in [0.1, 0.15) is 33.1 Å². The smallest absolute Gasteiger partial charge is 0.0599 e. The number of nitrogens with zero attached hydrogens (tertiary/aromatic N) is 1. The molecule has 0 bridgehead atoms. The van der Waals surface area contributed by atoms with Gasteiger partial charge in [0.2, 0.25) is 0 Å².